The highest BCUT2D eigenvalue weighted by Gasteiger charge is 2.17. The number of hydrogen-bond donors (Lipinski definition) is 1. The number of aromatic nitrogens is 2. The van der Waals surface area contributed by atoms with E-state index in [0.717, 1.165) is 11.1 Å². The molecule has 3 aromatic carbocycles. The second kappa shape index (κ2) is 9.87. The maximum Gasteiger partial charge on any atom is 0.266 e. The number of thioether (sulfide) groups is 1. The number of methoxy groups -OCH3 is 1. The summed E-state index contributed by atoms with van der Waals surface area (Å²) in [5.41, 5.74) is 2.63. The molecule has 0 spiro atoms. The molecule has 168 valence electrons. The maximum atomic E-state index is 13.4. The smallest absolute Gasteiger partial charge is 0.266 e. The van der Waals surface area contributed by atoms with E-state index in [4.69, 9.17) is 4.74 Å². The van der Waals surface area contributed by atoms with E-state index >= 15 is 0 Å². The van der Waals surface area contributed by atoms with Crippen LogP contribution in [-0.4, -0.2) is 28.3 Å². The number of aryl methyl sites for hydroxylation is 1. The predicted octanol–water partition coefficient (Wildman–Crippen LogP) is 4.25. The van der Waals surface area contributed by atoms with Crippen molar-refractivity contribution in [2.45, 2.75) is 18.6 Å². The van der Waals surface area contributed by atoms with Crippen LogP contribution in [0.4, 0.5) is 4.39 Å². The quantitative estimate of drug-likeness (QED) is 0.328. The Morgan fingerprint density at radius 2 is 1.88 bits per heavy atom. The minimum absolute atomic E-state index is 0.0557. The highest BCUT2D eigenvalue weighted by molar-refractivity contribution is 7.99. The van der Waals surface area contributed by atoms with E-state index in [1.54, 1.807) is 43.5 Å². The Labute approximate surface area is 194 Å². The van der Waals surface area contributed by atoms with E-state index < -0.39 is 0 Å². The third kappa shape index (κ3) is 5.06. The Hall–Kier alpha value is -3.65. The summed E-state index contributed by atoms with van der Waals surface area (Å²) in [4.78, 5) is 30.6. The van der Waals surface area contributed by atoms with Crippen LogP contribution in [0.3, 0.4) is 0 Å². The molecule has 0 radical (unpaired) electrons. The number of carbonyl (C=O) groups is 1. The highest BCUT2D eigenvalue weighted by Crippen LogP contribution is 2.28. The average molecular weight is 464 g/mol. The zero-order valence-corrected chi connectivity index (χ0v) is 19.0. The van der Waals surface area contributed by atoms with Crippen molar-refractivity contribution in [1.29, 1.82) is 0 Å². The van der Waals surface area contributed by atoms with Gasteiger partial charge in [0.2, 0.25) is 5.91 Å². The maximum absolute atomic E-state index is 13.4. The molecular formula is C25H22FN3O3S. The number of nitrogens with zero attached hydrogens (tertiary/aromatic N) is 2. The third-order valence-corrected chi connectivity index (χ3v) is 5.99. The molecule has 1 amide bonds. The summed E-state index contributed by atoms with van der Waals surface area (Å²) in [5, 5.41) is 3.68. The largest absolute Gasteiger partial charge is 0.495 e. The van der Waals surface area contributed by atoms with Crippen LogP contribution < -0.4 is 15.6 Å². The lowest BCUT2D eigenvalue weighted by Gasteiger charge is -2.16. The molecule has 4 aromatic rings. The summed E-state index contributed by atoms with van der Waals surface area (Å²) in [6.45, 7) is 2.21. The number of carbonyl (C=O) groups excluding carboxylic acids is 1. The Morgan fingerprint density at radius 3 is 2.64 bits per heavy atom. The predicted molar refractivity (Wildman–Crippen MR) is 128 cm³/mol. The molecule has 4 rings (SSSR count). The van der Waals surface area contributed by atoms with Crippen molar-refractivity contribution in [3.05, 3.63) is 94.0 Å². The number of halogens is 1. The average Bonchev–Trinajstić information content (AvgIpc) is 2.82. The first-order valence-electron chi connectivity index (χ1n) is 10.3. The summed E-state index contributed by atoms with van der Waals surface area (Å²) in [5.74, 6) is 0.0320. The first-order valence-corrected chi connectivity index (χ1v) is 11.3. The number of nitrogens with one attached hydrogen (secondary N) is 1. The van der Waals surface area contributed by atoms with Crippen LogP contribution in [0.1, 0.15) is 11.1 Å². The minimum Gasteiger partial charge on any atom is -0.495 e. The van der Waals surface area contributed by atoms with Crippen molar-refractivity contribution >= 4 is 28.6 Å². The summed E-state index contributed by atoms with van der Waals surface area (Å²) in [6.07, 6.45) is 0. The van der Waals surface area contributed by atoms with Gasteiger partial charge < -0.3 is 10.1 Å². The van der Waals surface area contributed by atoms with Crippen LogP contribution in [-0.2, 0) is 11.3 Å². The number of ether oxygens (including phenoxy) is 1. The van der Waals surface area contributed by atoms with Crippen molar-refractivity contribution in [2.24, 2.45) is 0 Å². The molecule has 1 aromatic heterocycles. The molecule has 8 heteroatoms. The van der Waals surface area contributed by atoms with Crippen LogP contribution in [0, 0.1) is 12.7 Å². The van der Waals surface area contributed by atoms with Crippen LogP contribution in [0.15, 0.2) is 76.7 Å². The van der Waals surface area contributed by atoms with Gasteiger partial charge in [-0.2, -0.15) is 0 Å². The SMILES string of the molecule is COc1ccc(C)cc1-n1c(SCC(=O)NCc2ccc(F)cc2)nc2ccccc2c1=O. The normalized spacial score (nSPS) is 10.9. The van der Waals surface area contributed by atoms with Crippen molar-refractivity contribution in [3.63, 3.8) is 0 Å². The number of benzene rings is 3. The summed E-state index contributed by atoms with van der Waals surface area (Å²) in [7, 11) is 1.55. The van der Waals surface area contributed by atoms with Crippen LogP contribution >= 0.6 is 11.8 Å². The monoisotopic (exact) mass is 463 g/mol. The lowest BCUT2D eigenvalue weighted by molar-refractivity contribution is -0.118. The fourth-order valence-corrected chi connectivity index (χ4v) is 4.22. The summed E-state index contributed by atoms with van der Waals surface area (Å²) >= 11 is 1.17. The molecule has 0 aliphatic rings. The molecule has 6 nitrogen and oxygen atoms in total. The van der Waals surface area contributed by atoms with E-state index in [0.29, 0.717) is 27.5 Å². The second-order valence-corrected chi connectivity index (χ2v) is 8.36. The third-order valence-electron chi connectivity index (χ3n) is 5.06. The van der Waals surface area contributed by atoms with Gasteiger partial charge in [-0.1, -0.05) is 42.1 Å². The van der Waals surface area contributed by atoms with E-state index in [1.165, 1.54) is 28.5 Å². The second-order valence-electron chi connectivity index (χ2n) is 7.42. The number of rotatable bonds is 7. The lowest BCUT2D eigenvalue weighted by Crippen LogP contribution is -2.26. The van der Waals surface area contributed by atoms with Crippen LogP contribution in [0.2, 0.25) is 0 Å². The zero-order chi connectivity index (χ0) is 23.4. The fraction of sp³-hybridized carbons (Fsp3) is 0.160. The first-order chi connectivity index (χ1) is 16.0. The van der Waals surface area contributed by atoms with Crippen LogP contribution in [0.25, 0.3) is 16.6 Å². The van der Waals surface area contributed by atoms with Gasteiger partial charge in [0.25, 0.3) is 5.56 Å². The van der Waals surface area contributed by atoms with Gasteiger partial charge in [0, 0.05) is 6.54 Å². The molecule has 0 saturated carbocycles. The Morgan fingerprint density at radius 1 is 1.12 bits per heavy atom. The van der Waals surface area contributed by atoms with Gasteiger partial charge in [0.1, 0.15) is 11.6 Å². The summed E-state index contributed by atoms with van der Waals surface area (Å²) < 4.78 is 20.0. The molecule has 0 aliphatic heterocycles. The minimum atomic E-state index is -0.326. The van der Waals surface area contributed by atoms with Gasteiger partial charge in [-0.15, -0.1) is 0 Å². The molecule has 0 bridgehead atoms. The Balaban J connectivity index is 1.64. The van der Waals surface area contributed by atoms with Crippen molar-refractivity contribution < 1.29 is 13.9 Å². The number of amides is 1. The van der Waals surface area contributed by atoms with Crippen molar-refractivity contribution in [1.82, 2.24) is 14.9 Å². The number of hydrogen-bond acceptors (Lipinski definition) is 5. The molecule has 1 heterocycles. The van der Waals surface area contributed by atoms with Gasteiger partial charge in [-0.05, 0) is 54.4 Å². The Bertz CT molecular complexity index is 1370. The van der Waals surface area contributed by atoms with Crippen molar-refractivity contribution in [3.8, 4) is 11.4 Å². The molecule has 0 atom stereocenters. The fourth-order valence-electron chi connectivity index (χ4n) is 3.38. The van der Waals surface area contributed by atoms with E-state index in [2.05, 4.69) is 10.3 Å². The molecule has 33 heavy (non-hydrogen) atoms. The molecule has 0 fully saturated rings. The van der Waals surface area contributed by atoms with Gasteiger partial charge in [0.15, 0.2) is 5.16 Å². The topological polar surface area (TPSA) is 73.2 Å². The van der Waals surface area contributed by atoms with Gasteiger partial charge in [0.05, 0.1) is 29.5 Å². The molecule has 0 unspecified atom stereocenters. The molecule has 0 saturated heterocycles. The molecule has 0 aliphatic carbocycles. The zero-order valence-electron chi connectivity index (χ0n) is 18.2. The summed E-state index contributed by atoms with van der Waals surface area (Å²) in [6, 6.07) is 18.6. The number of fused-ring (bicyclic) bond motifs is 1. The van der Waals surface area contributed by atoms with Gasteiger partial charge >= 0.3 is 0 Å². The lowest BCUT2D eigenvalue weighted by atomic mass is 10.2. The van der Waals surface area contributed by atoms with Gasteiger partial charge in [-0.25, -0.2) is 9.37 Å². The first kappa shape index (κ1) is 22.5. The van der Waals surface area contributed by atoms with Gasteiger partial charge in [-0.3, -0.25) is 14.2 Å². The van der Waals surface area contributed by atoms with E-state index in [-0.39, 0.29) is 29.6 Å². The van der Waals surface area contributed by atoms with Crippen LogP contribution in [0.5, 0.6) is 5.75 Å². The molecular weight excluding hydrogens is 441 g/mol. The van der Waals surface area contributed by atoms with Crippen molar-refractivity contribution in [2.75, 3.05) is 12.9 Å². The standard InChI is InChI=1S/C25H22FN3O3S/c1-16-7-12-22(32-2)21(13-16)29-24(31)19-5-3-4-6-20(19)28-25(29)33-15-23(30)27-14-17-8-10-18(26)11-9-17/h3-13H,14-15H2,1-2H3,(H,27,30). The Kier molecular flexibility index (Phi) is 6.74. The highest BCUT2D eigenvalue weighted by atomic mass is 32.2. The van der Waals surface area contributed by atoms with E-state index in [9.17, 15) is 14.0 Å². The number of para-hydroxylation sites is 1. The van der Waals surface area contributed by atoms with E-state index in [1.807, 2.05) is 25.1 Å². The molecule has 1 N–H and O–H groups in total.